The van der Waals surface area contributed by atoms with E-state index in [0.29, 0.717) is 47.7 Å². The molecule has 4 aromatic carbocycles. The van der Waals surface area contributed by atoms with Gasteiger partial charge in [-0.2, -0.15) is 0 Å². The van der Waals surface area contributed by atoms with Crippen LogP contribution in [0, 0.1) is 0 Å². The van der Waals surface area contributed by atoms with Crippen LogP contribution in [-0.2, 0) is 16.1 Å². The van der Waals surface area contributed by atoms with E-state index in [9.17, 15) is 9.59 Å². The molecule has 232 valence electrons. The Balaban J connectivity index is 1.51. The number of fused-ring (bicyclic) bond motifs is 1. The molecule has 46 heavy (non-hydrogen) atoms. The molecule has 0 amide bonds. The Labute approximate surface area is 279 Å². The molecule has 0 radical (unpaired) electrons. The maximum absolute atomic E-state index is 14.3. The lowest BCUT2D eigenvalue weighted by Gasteiger charge is -2.26. The normalized spacial score (nSPS) is 14.4. The minimum Gasteiger partial charge on any atom is -0.497 e. The van der Waals surface area contributed by atoms with Crippen LogP contribution in [-0.4, -0.2) is 24.3 Å². The number of aromatic nitrogens is 1. The van der Waals surface area contributed by atoms with E-state index in [1.165, 1.54) is 11.3 Å². The highest BCUT2D eigenvalue weighted by Gasteiger charge is 2.35. The molecule has 0 unspecified atom stereocenters. The predicted octanol–water partition coefficient (Wildman–Crippen LogP) is 6.83. The van der Waals surface area contributed by atoms with Gasteiger partial charge in [0.25, 0.3) is 5.56 Å². The van der Waals surface area contributed by atoms with Gasteiger partial charge in [0.05, 0.1) is 35.6 Å². The summed E-state index contributed by atoms with van der Waals surface area (Å²) in [6.07, 6.45) is 1.78. The molecule has 0 saturated heterocycles. The van der Waals surface area contributed by atoms with E-state index >= 15 is 0 Å². The van der Waals surface area contributed by atoms with E-state index in [0.717, 1.165) is 11.1 Å². The minimum absolute atomic E-state index is 0.169. The first-order valence-electron chi connectivity index (χ1n) is 14.5. The Bertz CT molecular complexity index is 2120. The Morgan fingerprint density at radius 1 is 0.978 bits per heavy atom. The largest absolute Gasteiger partial charge is 0.497 e. The van der Waals surface area contributed by atoms with Crippen molar-refractivity contribution in [3.8, 4) is 11.5 Å². The molecular formula is C36H28Cl2N2O5S. The lowest BCUT2D eigenvalue weighted by molar-refractivity contribution is -0.138. The first-order chi connectivity index (χ1) is 22.4. The third-order valence-corrected chi connectivity index (χ3v) is 8.98. The number of benzene rings is 4. The second-order valence-electron chi connectivity index (χ2n) is 10.3. The summed E-state index contributed by atoms with van der Waals surface area (Å²) >= 11 is 13.7. The van der Waals surface area contributed by atoms with E-state index < -0.39 is 12.0 Å². The molecule has 6 rings (SSSR count). The van der Waals surface area contributed by atoms with Crippen molar-refractivity contribution >= 4 is 52.3 Å². The van der Waals surface area contributed by atoms with Crippen LogP contribution in [0.3, 0.4) is 0 Å². The molecule has 0 fully saturated rings. The third-order valence-electron chi connectivity index (χ3n) is 7.41. The van der Waals surface area contributed by atoms with Crippen LogP contribution >= 0.6 is 34.5 Å². The molecule has 0 saturated carbocycles. The number of para-hydroxylation sites is 1. The second-order valence-corrected chi connectivity index (χ2v) is 12.1. The van der Waals surface area contributed by atoms with Crippen molar-refractivity contribution in [3.05, 3.63) is 155 Å². The highest BCUT2D eigenvalue weighted by molar-refractivity contribution is 7.07. The first-order valence-corrected chi connectivity index (χ1v) is 16.0. The highest BCUT2D eigenvalue weighted by Crippen LogP contribution is 2.36. The average molecular weight is 672 g/mol. The number of carbonyl (C=O) groups is 1. The maximum atomic E-state index is 14.3. The zero-order valence-electron chi connectivity index (χ0n) is 24.9. The van der Waals surface area contributed by atoms with Gasteiger partial charge in [0.15, 0.2) is 4.80 Å². The fraction of sp³-hybridized carbons (Fsp3) is 0.139. The number of hydrogen-bond donors (Lipinski definition) is 0. The summed E-state index contributed by atoms with van der Waals surface area (Å²) < 4.78 is 19.1. The monoisotopic (exact) mass is 670 g/mol. The summed E-state index contributed by atoms with van der Waals surface area (Å²) in [7, 11) is 1.58. The quantitative estimate of drug-likeness (QED) is 0.161. The zero-order chi connectivity index (χ0) is 32.2. The zero-order valence-corrected chi connectivity index (χ0v) is 27.2. The van der Waals surface area contributed by atoms with Crippen molar-refractivity contribution < 1.29 is 19.0 Å². The van der Waals surface area contributed by atoms with Gasteiger partial charge in [0.2, 0.25) is 0 Å². The van der Waals surface area contributed by atoms with Crippen LogP contribution in [0.25, 0.3) is 11.8 Å². The van der Waals surface area contributed by atoms with Crippen molar-refractivity contribution in [2.75, 3.05) is 13.7 Å². The molecule has 1 aromatic heterocycles. The Kier molecular flexibility index (Phi) is 9.40. The van der Waals surface area contributed by atoms with Gasteiger partial charge in [0, 0.05) is 26.7 Å². The van der Waals surface area contributed by atoms with E-state index in [1.54, 1.807) is 48.9 Å². The van der Waals surface area contributed by atoms with Gasteiger partial charge in [-0.15, -0.1) is 0 Å². The maximum Gasteiger partial charge on any atom is 0.338 e. The van der Waals surface area contributed by atoms with Crippen molar-refractivity contribution in [2.45, 2.75) is 19.6 Å². The second kappa shape index (κ2) is 13.8. The molecule has 10 heteroatoms. The molecule has 0 aliphatic carbocycles. The van der Waals surface area contributed by atoms with E-state index in [-0.39, 0.29) is 24.3 Å². The van der Waals surface area contributed by atoms with Gasteiger partial charge in [0.1, 0.15) is 18.1 Å². The third kappa shape index (κ3) is 6.37. The summed E-state index contributed by atoms with van der Waals surface area (Å²) in [5, 5.41) is 1.04. The molecule has 1 aliphatic heterocycles. The molecule has 0 bridgehead atoms. The molecule has 0 N–H and O–H groups in total. The Morgan fingerprint density at radius 2 is 1.72 bits per heavy atom. The SMILES string of the molecule is CCOC(=O)C1=C(c2ccccc2)N=c2s/c(=C/c3ccccc3OCc3ccc(Cl)cc3Cl)c(=O)n2[C@H]1c1ccc(OC)cc1. The lowest BCUT2D eigenvalue weighted by Crippen LogP contribution is -2.40. The average Bonchev–Trinajstić information content (AvgIpc) is 3.38. The van der Waals surface area contributed by atoms with Gasteiger partial charge >= 0.3 is 5.97 Å². The van der Waals surface area contributed by atoms with Gasteiger partial charge in [-0.3, -0.25) is 9.36 Å². The highest BCUT2D eigenvalue weighted by atomic mass is 35.5. The van der Waals surface area contributed by atoms with Crippen molar-refractivity contribution in [2.24, 2.45) is 4.99 Å². The van der Waals surface area contributed by atoms with Gasteiger partial charge < -0.3 is 14.2 Å². The van der Waals surface area contributed by atoms with Gasteiger partial charge in [-0.1, -0.05) is 101 Å². The topological polar surface area (TPSA) is 79.1 Å². The summed E-state index contributed by atoms with van der Waals surface area (Å²) in [6.45, 7) is 2.13. The number of hydrogen-bond acceptors (Lipinski definition) is 7. The molecule has 1 aliphatic rings. The molecule has 5 aromatic rings. The molecule has 7 nitrogen and oxygen atoms in total. The number of methoxy groups -OCH3 is 1. The van der Waals surface area contributed by atoms with Crippen LogP contribution in [0.1, 0.15) is 35.2 Å². The smallest absolute Gasteiger partial charge is 0.338 e. The minimum atomic E-state index is -0.794. The van der Waals surface area contributed by atoms with Crippen LogP contribution < -0.4 is 24.4 Å². The van der Waals surface area contributed by atoms with Gasteiger partial charge in [-0.25, -0.2) is 9.79 Å². The molecule has 2 heterocycles. The Morgan fingerprint density at radius 3 is 2.43 bits per heavy atom. The number of thiazole rings is 1. The number of carbonyl (C=O) groups excluding carboxylic acids is 1. The number of rotatable bonds is 9. The van der Waals surface area contributed by atoms with Crippen molar-refractivity contribution in [3.63, 3.8) is 0 Å². The summed E-state index contributed by atoms with van der Waals surface area (Å²) in [6, 6.07) is 28.6. The van der Waals surface area contributed by atoms with Crippen molar-refractivity contribution in [1.82, 2.24) is 4.57 Å². The number of nitrogens with zero attached hydrogens (tertiary/aromatic N) is 2. The summed E-state index contributed by atoms with van der Waals surface area (Å²) in [5.41, 5.74) is 3.36. The predicted molar refractivity (Wildman–Crippen MR) is 181 cm³/mol. The Hall–Kier alpha value is -4.63. The lowest BCUT2D eigenvalue weighted by atomic mass is 9.93. The molecular weight excluding hydrogens is 643 g/mol. The summed E-state index contributed by atoms with van der Waals surface area (Å²) in [5.74, 6) is 0.681. The van der Waals surface area contributed by atoms with Crippen LogP contribution in [0.5, 0.6) is 11.5 Å². The number of esters is 1. The van der Waals surface area contributed by atoms with Crippen LogP contribution in [0.15, 0.2) is 112 Å². The number of halogens is 2. The summed E-state index contributed by atoms with van der Waals surface area (Å²) in [4.78, 5) is 33.3. The van der Waals surface area contributed by atoms with Crippen molar-refractivity contribution in [1.29, 1.82) is 0 Å². The first kappa shape index (κ1) is 31.4. The van der Waals surface area contributed by atoms with E-state index in [1.807, 2.05) is 72.8 Å². The molecule has 1 atom stereocenters. The van der Waals surface area contributed by atoms with E-state index in [4.69, 9.17) is 42.4 Å². The van der Waals surface area contributed by atoms with Crippen LogP contribution in [0.2, 0.25) is 10.0 Å². The molecule has 0 spiro atoms. The fourth-order valence-electron chi connectivity index (χ4n) is 5.21. The number of ether oxygens (including phenoxy) is 3. The standard InChI is InChI=1S/C36H28Cl2N2O5S/c1-3-44-35(42)31-32(22-9-5-4-6-10-22)39-36-40(33(31)23-14-17-27(43-2)18-15-23)34(41)30(46-36)19-24-11-7-8-12-29(24)45-21-25-13-16-26(37)20-28(25)38/h4-20,33H,3,21H2,1-2H3/b30-19+/t33-/m0/s1. The van der Waals surface area contributed by atoms with E-state index in [2.05, 4.69) is 0 Å². The van der Waals surface area contributed by atoms with Crippen LogP contribution in [0.4, 0.5) is 0 Å². The van der Waals surface area contributed by atoms with Gasteiger partial charge in [-0.05, 0) is 48.9 Å². The fourth-order valence-corrected chi connectivity index (χ4v) is 6.66.